The van der Waals surface area contributed by atoms with Gasteiger partial charge in [-0.2, -0.15) is 5.26 Å². The van der Waals surface area contributed by atoms with Crippen molar-refractivity contribution in [3.63, 3.8) is 0 Å². The van der Waals surface area contributed by atoms with Crippen LogP contribution in [0, 0.1) is 34.0 Å². The summed E-state index contributed by atoms with van der Waals surface area (Å²) in [6, 6.07) is 25.0. The number of piperazine rings is 1. The lowest BCUT2D eigenvalue weighted by molar-refractivity contribution is -0.196. The maximum Gasteiger partial charge on any atom is 0.234 e. The van der Waals surface area contributed by atoms with E-state index in [-0.39, 0.29) is 71.5 Å². The lowest BCUT2D eigenvalue weighted by Crippen LogP contribution is -2.66. The summed E-state index contributed by atoms with van der Waals surface area (Å²) in [5.41, 5.74) is 7.50. The average Bonchev–Trinajstić information content (AvgIpc) is 4.11. The van der Waals surface area contributed by atoms with Crippen LogP contribution in [-0.4, -0.2) is 95.1 Å². The average molecular weight is 983 g/mol. The molecule has 0 radical (unpaired) electrons. The highest BCUT2D eigenvalue weighted by Gasteiger charge is 2.63. The predicted octanol–water partition coefficient (Wildman–Crippen LogP) is 11.2. The molecule has 1 aromatic heterocycles. The number of aliphatic hydroxyl groups is 1. The molecule has 1 N–H and O–H groups in total. The minimum Gasteiger partial charge on any atom is -0.489 e. The summed E-state index contributed by atoms with van der Waals surface area (Å²) in [5, 5.41) is 24.8. The molecule has 2 aliphatic carbocycles. The predicted molar refractivity (Wildman–Crippen MR) is 280 cm³/mol. The highest BCUT2D eigenvalue weighted by atomic mass is 35.5. The molecule has 2 saturated heterocycles. The van der Waals surface area contributed by atoms with E-state index in [0.717, 1.165) is 80.9 Å². The number of nitriles is 1. The lowest BCUT2D eigenvalue weighted by Gasteiger charge is -2.63. The van der Waals surface area contributed by atoms with Crippen LogP contribution in [0.3, 0.4) is 0 Å². The zero-order valence-corrected chi connectivity index (χ0v) is 43.7. The van der Waals surface area contributed by atoms with E-state index in [2.05, 4.69) is 111 Å². The van der Waals surface area contributed by atoms with Crippen molar-refractivity contribution in [2.75, 3.05) is 44.2 Å². The van der Waals surface area contributed by atoms with Gasteiger partial charge in [-0.25, -0.2) is 0 Å². The van der Waals surface area contributed by atoms with Gasteiger partial charge >= 0.3 is 0 Å². The van der Waals surface area contributed by atoms with Crippen molar-refractivity contribution < 1.29 is 28.8 Å². The molecule has 4 aromatic rings. The summed E-state index contributed by atoms with van der Waals surface area (Å²) in [6.07, 6.45) is 8.04. The third-order valence-electron chi connectivity index (χ3n) is 16.2. The first-order chi connectivity index (χ1) is 33.8. The number of aromatic nitrogens is 1. The van der Waals surface area contributed by atoms with Crippen molar-refractivity contribution >= 4 is 40.3 Å². The zero-order chi connectivity index (χ0) is 50.8. The molecule has 3 aromatic carbocycles. The van der Waals surface area contributed by atoms with Gasteiger partial charge in [0.25, 0.3) is 0 Å². The molecule has 3 fully saturated rings. The minimum atomic E-state index is -0.755. The molecule has 71 heavy (non-hydrogen) atoms. The van der Waals surface area contributed by atoms with Crippen molar-refractivity contribution in [2.45, 2.75) is 130 Å². The fourth-order valence-electron chi connectivity index (χ4n) is 12.2. The molecule has 3 heterocycles. The molecule has 2 aliphatic heterocycles. The number of halogens is 1. The Morgan fingerprint density at radius 1 is 0.944 bits per heavy atom. The summed E-state index contributed by atoms with van der Waals surface area (Å²) in [6.45, 7) is 21.6. The molecule has 0 bridgehead atoms. The first kappa shape index (κ1) is 51.8. The normalized spacial score (nSPS) is 22.6. The fourth-order valence-corrected chi connectivity index (χ4v) is 12.5. The molecule has 0 spiro atoms. The van der Waals surface area contributed by atoms with Crippen molar-refractivity contribution in [2.24, 2.45) is 22.7 Å². The highest BCUT2D eigenvalue weighted by Crippen LogP contribution is 2.62. The standard InChI is InChI=1S/C59H72ClN5O6/c1-37(2)55(56(69)65-36-46(66)32-50(65)52(68)30-39(4)40-15-17-41(18-16-40)48-14-11-12-38(48)3)53-31-44(62-71-53)13-9-10-25-63-26-28-64(29-27-63)45-22-19-42(20-23-45)51(67)34-54-58(5,6)57(59(54,7)8)70-47-24-21-43(35-61)49(60)33-47/h11-12,15-24,31,33,37,39,46,50,54-55,57,66H,9-10,13-14,25-30,32,34,36H2,1-8H3/t39-,46-,50+,54?,55+,57?/m1/s1. The Balaban J connectivity index is 0.767. The van der Waals surface area contributed by atoms with Crippen LogP contribution in [0.2, 0.25) is 5.02 Å². The largest absolute Gasteiger partial charge is 0.489 e. The third-order valence-corrected chi connectivity index (χ3v) is 16.5. The molecule has 11 nitrogen and oxygen atoms in total. The van der Waals surface area contributed by atoms with E-state index in [0.29, 0.717) is 28.5 Å². The van der Waals surface area contributed by atoms with E-state index in [9.17, 15) is 24.8 Å². The van der Waals surface area contributed by atoms with Gasteiger partial charge in [-0.15, -0.1) is 0 Å². The van der Waals surface area contributed by atoms with Gasteiger partial charge in [0.15, 0.2) is 11.6 Å². The van der Waals surface area contributed by atoms with Crippen LogP contribution in [-0.2, 0) is 16.0 Å². The number of rotatable bonds is 19. The number of hydrogen-bond donors (Lipinski definition) is 1. The van der Waals surface area contributed by atoms with E-state index >= 15 is 0 Å². The Bertz CT molecular complexity index is 2650. The first-order valence-corrected chi connectivity index (χ1v) is 26.1. The number of Topliss-reactive ketones (excluding diaryl/α,β-unsaturated/α-hetero) is 2. The van der Waals surface area contributed by atoms with E-state index in [1.165, 1.54) is 16.7 Å². The number of aliphatic hydroxyl groups excluding tert-OH is 1. The molecular weight excluding hydrogens is 910 g/mol. The fraction of sp³-hybridized carbons (Fsp3) is 0.508. The quantitative estimate of drug-likeness (QED) is 0.0713. The minimum absolute atomic E-state index is 0.0276. The topological polar surface area (TPSA) is 140 Å². The number of β-amino-alcohol motifs (C(OH)–C–C–N with tert-alkyl or cyclic N) is 1. The third kappa shape index (κ3) is 11.3. The monoisotopic (exact) mass is 982 g/mol. The van der Waals surface area contributed by atoms with Crippen LogP contribution in [0.15, 0.2) is 95.0 Å². The van der Waals surface area contributed by atoms with Crippen LogP contribution in [0.1, 0.15) is 144 Å². The lowest BCUT2D eigenvalue weighted by atomic mass is 9.44. The molecule has 4 aliphatic rings. The van der Waals surface area contributed by atoms with Crippen LogP contribution < -0.4 is 9.64 Å². The summed E-state index contributed by atoms with van der Waals surface area (Å²) in [5.74, 6) is 0.434. The van der Waals surface area contributed by atoms with Gasteiger partial charge in [0.05, 0.1) is 28.4 Å². The Hall–Kier alpha value is -5.54. The number of ketones is 2. The Morgan fingerprint density at radius 3 is 2.28 bits per heavy atom. The van der Waals surface area contributed by atoms with Gasteiger partial charge in [0.2, 0.25) is 5.91 Å². The molecular formula is C59H72ClN5O6. The molecule has 0 unspecified atom stereocenters. The summed E-state index contributed by atoms with van der Waals surface area (Å²) in [4.78, 5) is 48.3. The van der Waals surface area contributed by atoms with E-state index in [4.69, 9.17) is 20.9 Å². The maximum absolute atomic E-state index is 14.3. The van der Waals surface area contributed by atoms with Gasteiger partial charge in [-0.3, -0.25) is 19.3 Å². The van der Waals surface area contributed by atoms with E-state index in [1.807, 2.05) is 32.0 Å². The highest BCUT2D eigenvalue weighted by molar-refractivity contribution is 6.31. The number of likely N-dealkylation sites (tertiary alicyclic amines) is 1. The zero-order valence-electron chi connectivity index (χ0n) is 42.9. The SMILES string of the molecule is CC1=C(c2ccc([C@H](C)CC(=O)[C@@H]3C[C@@H](O)CN3C(=O)[C@H](c3cc(CCCCN4CCN(c5ccc(C(=O)CC6C(C)(C)C(Oc7ccc(C#N)c(Cl)c7)C6(C)C)cc5)CC4)no3)C(C)C)cc2)CC=C1. The number of aryl methyl sites for hydroxylation is 1. The Labute approximate surface area is 425 Å². The van der Waals surface area contributed by atoms with Gasteiger partial charge in [-0.05, 0) is 116 Å². The number of hydrogen-bond acceptors (Lipinski definition) is 10. The number of anilines is 1. The van der Waals surface area contributed by atoms with Crippen LogP contribution >= 0.6 is 11.6 Å². The smallest absolute Gasteiger partial charge is 0.234 e. The molecule has 8 rings (SSSR count). The number of unbranched alkanes of at least 4 members (excludes halogenated alkanes) is 1. The Kier molecular flexibility index (Phi) is 15.8. The van der Waals surface area contributed by atoms with Gasteiger partial charge < -0.3 is 24.2 Å². The van der Waals surface area contributed by atoms with Crippen molar-refractivity contribution in [1.29, 1.82) is 5.26 Å². The van der Waals surface area contributed by atoms with Crippen molar-refractivity contribution in [3.05, 3.63) is 129 Å². The number of amides is 1. The number of carbonyl (C=O) groups excluding carboxylic acids is 3. The van der Waals surface area contributed by atoms with E-state index in [1.54, 1.807) is 23.1 Å². The maximum atomic E-state index is 14.3. The number of nitrogens with zero attached hydrogens (tertiary/aromatic N) is 5. The molecule has 1 amide bonds. The number of allylic oxidation sites excluding steroid dienone is 4. The number of benzene rings is 3. The van der Waals surface area contributed by atoms with Crippen LogP contribution in [0.4, 0.5) is 5.69 Å². The van der Waals surface area contributed by atoms with E-state index < -0.39 is 18.1 Å². The first-order valence-electron chi connectivity index (χ1n) is 25.8. The van der Waals surface area contributed by atoms with Crippen LogP contribution in [0.5, 0.6) is 5.75 Å². The molecule has 376 valence electrons. The van der Waals surface area contributed by atoms with Crippen molar-refractivity contribution in [1.82, 2.24) is 15.0 Å². The number of ether oxygens (including phenoxy) is 1. The summed E-state index contributed by atoms with van der Waals surface area (Å²) >= 11 is 6.28. The molecule has 4 atom stereocenters. The van der Waals surface area contributed by atoms with Gasteiger partial charge in [-0.1, -0.05) is 102 Å². The van der Waals surface area contributed by atoms with Gasteiger partial charge in [0, 0.05) is 86.2 Å². The molecule has 1 saturated carbocycles. The second-order valence-corrected chi connectivity index (χ2v) is 22.6. The number of carbonyl (C=O) groups is 3. The van der Waals surface area contributed by atoms with Gasteiger partial charge in [0.1, 0.15) is 29.6 Å². The summed E-state index contributed by atoms with van der Waals surface area (Å²) in [7, 11) is 0. The van der Waals surface area contributed by atoms with Crippen LogP contribution in [0.25, 0.3) is 5.57 Å². The second-order valence-electron chi connectivity index (χ2n) is 22.2. The Morgan fingerprint density at radius 2 is 1.65 bits per heavy atom. The molecule has 12 heteroatoms. The summed E-state index contributed by atoms with van der Waals surface area (Å²) < 4.78 is 12.3. The second kappa shape index (κ2) is 21.7. The van der Waals surface area contributed by atoms with Crippen molar-refractivity contribution in [3.8, 4) is 11.8 Å².